The molecule has 1 aliphatic heterocycles. The average molecular weight is 429 g/mol. The number of methoxy groups -OCH3 is 2. The Morgan fingerprint density at radius 2 is 1.75 bits per heavy atom. The molecule has 1 aromatic heterocycles. The molecule has 0 saturated heterocycles. The number of nitrogens with zero attached hydrogens (tertiary/aromatic N) is 1. The molecule has 0 bridgehead atoms. The normalized spacial score (nSPS) is 13.4. The van der Waals surface area contributed by atoms with Gasteiger partial charge in [0, 0.05) is 24.5 Å². The van der Waals surface area contributed by atoms with E-state index in [2.05, 4.69) is 11.0 Å². The molecule has 0 radical (unpaired) electrons. The maximum Gasteiger partial charge on any atom is 0.336 e. The predicted molar refractivity (Wildman–Crippen MR) is 122 cm³/mol. The molecule has 162 valence electrons. The van der Waals surface area contributed by atoms with E-state index < -0.39 is 0 Å². The Bertz CT molecular complexity index is 1330. The van der Waals surface area contributed by atoms with E-state index in [0.29, 0.717) is 25.4 Å². The summed E-state index contributed by atoms with van der Waals surface area (Å²) in [5.41, 5.74) is 3.93. The van der Waals surface area contributed by atoms with Gasteiger partial charge in [-0.2, -0.15) is 0 Å². The highest BCUT2D eigenvalue weighted by Gasteiger charge is 2.23. The van der Waals surface area contributed by atoms with Crippen molar-refractivity contribution in [3.8, 4) is 28.4 Å². The molecule has 6 nitrogen and oxygen atoms in total. The first-order valence-electron chi connectivity index (χ1n) is 10.4. The third kappa shape index (κ3) is 3.81. The van der Waals surface area contributed by atoms with E-state index in [-0.39, 0.29) is 5.63 Å². The van der Waals surface area contributed by atoms with Gasteiger partial charge in [0.25, 0.3) is 0 Å². The topological polar surface area (TPSA) is 61.1 Å². The van der Waals surface area contributed by atoms with Crippen LogP contribution in [0, 0.1) is 0 Å². The first-order valence-corrected chi connectivity index (χ1v) is 10.4. The number of fused-ring (bicyclic) bond motifs is 3. The lowest BCUT2D eigenvalue weighted by Gasteiger charge is -2.29. The lowest BCUT2D eigenvalue weighted by atomic mass is 9.99. The zero-order valence-corrected chi connectivity index (χ0v) is 18.0. The maximum absolute atomic E-state index is 12.5. The molecule has 0 amide bonds. The number of ether oxygens (including phenoxy) is 3. The van der Waals surface area contributed by atoms with Gasteiger partial charge in [-0.1, -0.05) is 24.3 Å². The molecule has 1 aliphatic rings. The summed E-state index contributed by atoms with van der Waals surface area (Å²) in [4.78, 5) is 14.6. The van der Waals surface area contributed by atoms with Gasteiger partial charge in [-0.05, 0) is 53.1 Å². The van der Waals surface area contributed by atoms with Crippen LogP contribution in [-0.4, -0.2) is 25.9 Å². The summed E-state index contributed by atoms with van der Waals surface area (Å²) < 4.78 is 22.3. The van der Waals surface area contributed by atoms with E-state index in [9.17, 15) is 4.79 Å². The molecule has 0 saturated carbocycles. The van der Waals surface area contributed by atoms with Crippen LogP contribution in [0.3, 0.4) is 0 Å². The van der Waals surface area contributed by atoms with E-state index in [1.165, 1.54) is 6.07 Å². The van der Waals surface area contributed by atoms with Crippen molar-refractivity contribution < 1.29 is 18.6 Å². The van der Waals surface area contributed by atoms with Gasteiger partial charge in [0.2, 0.25) is 0 Å². The molecule has 32 heavy (non-hydrogen) atoms. The molecule has 4 aromatic rings. The summed E-state index contributed by atoms with van der Waals surface area (Å²) >= 11 is 0. The van der Waals surface area contributed by atoms with Gasteiger partial charge in [-0.3, -0.25) is 4.90 Å². The maximum atomic E-state index is 12.5. The quantitative estimate of drug-likeness (QED) is 0.424. The molecule has 0 fully saturated rings. The Kier molecular flexibility index (Phi) is 5.29. The monoisotopic (exact) mass is 429 g/mol. The van der Waals surface area contributed by atoms with Crippen molar-refractivity contribution in [2.45, 2.75) is 13.1 Å². The summed E-state index contributed by atoms with van der Waals surface area (Å²) in [6.07, 6.45) is 0. The third-order valence-corrected chi connectivity index (χ3v) is 5.70. The minimum absolute atomic E-state index is 0.387. The fourth-order valence-corrected chi connectivity index (χ4v) is 4.12. The van der Waals surface area contributed by atoms with Crippen LogP contribution >= 0.6 is 0 Å². The molecule has 0 N–H and O–H groups in total. The van der Waals surface area contributed by atoms with Crippen LogP contribution in [0.2, 0.25) is 0 Å². The highest BCUT2D eigenvalue weighted by Crippen LogP contribution is 2.36. The summed E-state index contributed by atoms with van der Waals surface area (Å²) in [7, 11) is 3.29. The molecule has 5 rings (SSSR count). The smallest absolute Gasteiger partial charge is 0.336 e. The minimum atomic E-state index is -0.387. The zero-order chi connectivity index (χ0) is 22.1. The predicted octanol–water partition coefficient (Wildman–Crippen LogP) is 4.83. The Labute approximate surface area is 185 Å². The molecular weight excluding hydrogens is 406 g/mol. The van der Waals surface area contributed by atoms with E-state index in [4.69, 9.17) is 18.6 Å². The Hall–Kier alpha value is -3.77. The van der Waals surface area contributed by atoms with Gasteiger partial charge >= 0.3 is 5.63 Å². The second-order valence-electron chi connectivity index (χ2n) is 7.74. The molecule has 6 heteroatoms. The van der Waals surface area contributed by atoms with Crippen molar-refractivity contribution in [1.29, 1.82) is 0 Å². The third-order valence-electron chi connectivity index (χ3n) is 5.70. The Morgan fingerprint density at radius 3 is 2.53 bits per heavy atom. The van der Waals surface area contributed by atoms with Crippen molar-refractivity contribution >= 4 is 11.0 Å². The van der Waals surface area contributed by atoms with E-state index in [1.807, 2.05) is 54.6 Å². The highest BCUT2D eigenvalue weighted by molar-refractivity contribution is 5.95. The van der Waals surface area contributed by atoms with Crippen LogP contribution in [0.25, 0.3) is 22.1 Å². The van der Waals surface area contributed by atoms with Gasteiger partial charge < -0.3 is 18.6 Å². The van der Waals surface area contributed by atoms with Crippen LogP contribution in [0.1, 0.15) is 11.1 Å². The fourth-order valence-electron chi connectivity index (χ4n) is 4.12. The molecule has 0 spiro atoms. The molecule has 2 heterocycles. The summed E-state index contributed by atoms with van der Waals surface area (Å²) in [6.45, 7) is 1.76. The van der Waals surface area contributed by atoms with Gasteiger partial charge in [-0.15, -0.1) is 0 Å². The van der Waals surface area contributed by atoms with E-state index >= 15 is 0 Å². The number of hydrogen-bond acceptors (Lipinski definition) is 6. The first-order chi connectivity index (χ1) is 15.6. The van der Waals surface area contributed by atoms with Gasteiger partial charge in [0.05, 0.1) is 19.8 Å². The molecule has 0 aliphatic carbocycles. The second kappa shape index (κ2) is 8.40. The van der Waals surface area contributed by atoms with Crippen molar-refractivity contribution in [3.63, 3.8) is 0 Å². The standard InChI is InChI=1S/C26H23NO5/c1-29-19-8-6-18(7-9-19)22-13-25(28)32-26-21(22)10-11-24-23(26)15-27(16-31-24)14-17-4-3-5-20(12-17)30-2/h3-13H,14-16H2,1-2H3. The van der Waals surface area contributed by atoms with Crippen LogP contribution in [0.4, 0.5) is 0 Å². The number of benzene rings is 3. The molecular formula is C26H23NO5. The summed E-state index contributed by atoms with van der Waals surface area (Å²) in [5.74, 6) is 2.33. The minimum Gasteiger partial charge on any atom is -0.497 e. The van der Waals surface area contributed by atoms with Gasteiger partial charge in [0.15, 0.2) is 0 Å². The zero-order valence-electron chi connectivity index (χ0n) is 18.0. The van der Waals surface area contributed by atoms with Gasteiger partial charge in [0.1, 0.15) is 29.6 Å². The van der Waals surface area contributed by atoms with E-state index in [1.54, 1.807) is 14.2 Å². The first kappa shape index (κ1) is 20.2. The van der Waals surface area contributed by atoms with Crippen LogP contribution in [0.15, 0.2) is 75.9 Å². The highest BCUT2D eigenvalue weighted by atomic mass is 16.5. The lowest BCUT2D eigenvalue weighted by molar-refractivity contribution is 0.0889. The summed E-state index contributed by atoms with van der Waals surface area (Å²) in [6, 6.07) is 21.1. The van der Waals surface area contributed by atoms with Crippen LogP contribution in [0.5, 0.6) is 17.2 Å². The Morgan fingerprint density at radius 1 is 0.938 bits per heavy atom. The van der Waals surface area contributed by atoms with E-state index in [0.717, 1.165) is 44.9 Å². The molecule has 0 atom stereocenters. The molecule has 3 aromatic carbocycles. The average Bonchev–Trinajstić information content (AvgIpc) is 2.83. The number of hydrogen-bond donors (Lipinski definition) is 0. The fraction of sp³-hybridized carbons (Fsp3) is 0.192. The van der Waals surface area contributed by atoms with Crippen molar-refractivity contribution in [1.82, 2.24) is 4.90 Å². The largest absolute Gasteiger partial charge is 0.497 e. The SMILES string of the molecule is COc1ccc(-c2cc(=O)oc3c4c(ccc23)OCN(Cc2cccc(OC)c2)C4)cc1. The Balaban J connectivity index is 1.53. The van der Waals surface area contributed by atoms with Crippen molar-refractivity contribution in [2.24, 2.45) is 0 Å². The summed E-state index contributed by atoms with van der Waals surface area (Å²) in [5, 5.41) is 0.875. The van der Waals surface area contributed by atoms with Crippen molar-refractivity contribution in [2.75, 3.05) is 21.0 Å². The number of rotatable bonds is 5. The lowest BCUT2D eigenvalue weighted by Crippen LogP contribution is -2.31. The van der Waals surface area contributed by atoms with Crippen LogP contribution in [-0.2, 0) is 13.1 Å². The van der Waals surface area contributed by atoms with Gasteiger partial charge in [-0.25, -0.2) is 4.79 Å². The van der Waals surface area contributed by atoms with Crippen molar-refractivity contribution in [3.05, 3.63) is 88.3 Å². The second-order valence-corrected chi connectivity index (χ2v) is 7.74. The van der Waals surface area contributed by atoms with Crippen LogP contribution < -0.4 is 19.8 Å². The molecule has 0 unspecified atom stereocenters.